The molecule has 1 aromatic rings. The van der Waals surface area contributed by atoms with E-state index in [0.29, 0.717) is 6.42 Å². The second kappa shape index (κ2) is 8.11. The first-order chi connectivity index (χ1) is 8.65. The normalized spacial score (nSPS) is 12.2. The highest BCUT2D eigenvalue weighted by Gasteiger charge is 2.12. The molecule has 1 rings (SSSR count). The Morgan fingerprint density at radius 3 is 2.89 bits per heavy atom. The molecule has 0 bridgehead atoms. The quantitative estimate of drug-likeness (QED) is 0.747. The van der Waals surface area contributed by atoms with Crippen LogP contribution in [0.5, 0.6) is 0 Å². The lowest BCUT2D eigenvalue weighted by Crippen LogP contribution is -2.28. The lowest BCUT2D eigenvalue weighted by Gasteiger charge is -2.12. The van der Waals surface area contributed by atoms with Crippen LogP contribution in [-0.2, 0) is 4.79 Å². The van der Waals surface area contributed by atoms with Gasteiger partial charge in [0.1, 0.15) is 5.82 Å². The van der Waals surface area contributed by atoms with E-state index in [1.165, 1.54) is 12.1 Å². The Labute approximate surface area is 111 Å². The lowest BCUT2D eigenvalue weighted by atomic mass is 10.1. The third-order valence-corrected chi connectivity index (χ3v) is 3.34. The van der Waals surface area contributed by atoms with Gasteiger partial charge in [-0.2, -0.15) is 11.8 Å². The molecule has 18 heavy (non-hydrogen) atoms. The van der Waals surface area contributed by atoms with Crippen LogP contribution in [0.3, 0.4) is 0 Å². The van der Waals surface area contributed by atoms with Gasteiger partial charge in [-0.3, -0.25) is 4.79 Å². The number of halogens is 1. The molecule has 2 N–H and O–H groups in total. The third kappa shape index (κ3) is 5.06. The molecule has 0 saturated heterocycles. The predicted molar refractivity (Wildman–Crippen MR) is 72.0 cm³/mol. The molecule has 3 nitrogen and oxygen atoms in total. The van der Waals surface area contributed by atoms with Gasteiger partial charge in [0.05, 0.1) is 6.10 Å². The van der Waals surface area contributed by atoms with Crippen molar-refractivity contribution in [3.8, 4) is 0 Å². The van der Waals surface area contributed by atoms with Crippen molar-refractivity contribution in [1.82, 2.24) is 5.32 Å². The number of carbonyl (C=O) groups is 1. The number of aliphatic hydroxyl groups is 1. The van der Waals surface area contributed by atoms with Crippen LogP contribution in [0, 0.1) is 5.82 Å². The Balaban J connectivity index is 2.35. The Kier molecular flexibility index (Phi) is 6.75. The van der Waals surface area contributed by atoms with Crippen molar-refractivity contribution in [1.29, 1.82) is 0 Å². The standard InChI is InChI=1S/C13H18FNO2S/c1-2-18-8-7-13(17)15-9-12(16)10-5-3-4-6-11(10)14/h3-6,12,16H,2,7-9H2,1H3,(H,15,17). The number of nitrogens with one attached hydrogen (secondary N) is 1. The van der Waals surface area contributed by atoms with E-state index in [1.54, 1.807) is 23.9 Å². The van der Waals surface area contributed by atoms with Gasteiger partial charge in [-0.1, -0.05) is 25.1 Å². The number of thioether (sulfide) groups is 1. The second-order valence-electron chi connectivity index (χ2n) is 3.79. The maximum absolute atomic E-state index is 13.3. The van der Waals surface area contributed by atoms with Crippen molar-refractivity contribution in [2.75, 3.05) is 18.1 Å². The SMILES string of the molecule is CCSCCC(=O)NCC(O)c1ccccc1F. The topological polar surface area (TPSA) is 49.3 Å². The van der Waals surface area contributed by atoms with Gasteiger partial charge >= 0.3 is 0 Å². The summed E-state index contributed by atoms with van der Waals surface area (Å²) in [5.41, 5.74) is 0.209. The summed E-state index contributed by atoms with van der Waals surface area (Å²) in [6.45, 7) is 2.07. The molecular weight excluding hydrogens is 253 g/mol. The number of benzene rings is 1. The fourth-order valence-corrected chi connectivity index (χ4v) is 2.08. The fraction of sp³-hybridized carbons (Fsp3) is 0.462. The first-order valence-electron chi connectivity index (χ1n) is 5.92. The molecule has 0 aliphatic carbocycles. The van der Waals surface area contributed by atoms with Gasteiger partial charge in [-0.05, 0) is 11.8 Å². The molecule has 1 aromatic carbocycles. The zero-order valence-corrected chi connectivity index (χ0v) is 11.2. The zero-order chi connectivity index (χ0) is 13.4. The molecule has 0 heterocycles. The van der Waals surface area contributed by atoms with Crippen molar-refractivity contribution in [2.24, 2.45) is 0 Å². The van der Waals surface area contributed by atoms with E-state index in [9.17, 15) is 14.3 Å². The minimum absolute atomic E-state index is 0.0383. The molecule has 0 spiro atoms. The average molecular weight is 271 g/mol. The summed E-state index contributed by atoms with van der Waals surface area (Å²) in [4.78, 5) is 11.4. The van der Waals surface area contributed by atoms with Crippen molar-refractivity contribution in [3.05, 3.63) is 35.6 Å². The van der Waals surface area contributed by atoms with Crippen molar-refractivity contribution in [2.45, 2.75) is 19.4 Å². The van der Waals surface area contributed by atoms with Gasteiger partial charge in [0.2, 0.25) is 5.91 Å². The largest absolute Gasteiger partial charge is 0.386 e. The Bertz CT molecular complexity index is 387. The van der Waals surface area contributed by atoms with Crippen LogP contribution in [-0.4, -0.2) is 29.1 Å². The highest BCUT2D eigenvalue weighted by molar-refractivity contribution is 7.99. The molecule has 5 heteroatoms. The van der Waals surface area contributed by atoms with Gasteiger partial charge in [0.25, 0.3) is 0 Å². The molecule has 0 radical (unpaired) electrons. The van der Waals surface area contributed by atoms with Gasteiger partial charge < -0.3 is 10.4 Å². The minimum Gasteiger partial charge on any atom is -0.386 e. The van der Waals surface area contributed by atoms with Crippen LogP contribution in [0.25, 0.3) is 0 Å². The van der Waals surface area contributed by atoms with Crippen LogP contribution >= 0.6 is 11.8 Å². The first kappa shape index (κ1) is 15.0. The van der Waals surface area contributed by atoms with E-state index in [0.717, 1.165) is 11.5 Å². The predicted octanol–water partition coefficient (Wildman–Crippen LogP) is 2.12. The number of hydrogen-bond donors (Lipinski definition) is 2. The summed E-state index contributed by atoms with van der Waals surface area (Å²) in [5, 5.41) is 12.4. The van der Waals surface area contributed by atoms with Crippen LogP contribution in [0.2, 0.25) is 0 Å². The summed E-state index contributed by atoms with van der Waals surface area (Å²) >= 11 is 1.69. The van der Waals surface area contributed by atoms with E-state index in [4.69, 9.17) is 0 Å². The van der Waals surface area contributed by atoms with E-state index < -0.39 is 11.9 Å². The summed E-state index contributed by atoms with van der Waals surface area (Å²) in [5.74, 6) is 1.16. The second-order valence-corrected chi connectivity index (χ2v) is 5.18. The third-order valence-electron chi connectivity index (χ3n) is 2.43. The minimum atomic E-state index is -1.01. The van der Waals surface area contributed by atoms with Gasteiger partial charge in [0.15, 0.2) is 0 Å². The van der Waals surface area contributed by atoms with E-state index in [2.05, 4.69) is 5.32 Å². The molecule has 1 amide bonds. The fourth-order valence-electron chi connectivity index (χ4n) is 1.46. The highest BCUT2D eigenvalue weighted by Crippen LogP contribution is 2.15. The summed E-state index contributed by atoms with van der Waals surface area (Å²) in [6, 6.07) is 6.02. The number of aliphatic hydroxyl groups excluding tert-OH is 1. The summed E-state index contributed by atoms with van der Waals surface area (Å²) in [7, 11) is 0. The van der Waals surface area contributed by atoms with Crippen molar-refractivity contribution >= 4 is 17.7 Å². The van der Waals surface area contributed by atoms with E-state index >= 15 is 0 Å². The molecule has 1 unspecified atom stereocenters. The molecular formula is C13H18FNO2S. The average Bonchev–Trinajstić information content (AvgIpc) is 2.37. The maximum atomic E-state index is 13.3. The molecule has 0 aliphatic rings. The smallest absolute Gasteiger partial charge is 0.220 e. The van der Waals surface area contributed by atoms with Gasteiger partial charge in [-0.15, -0.1) is 0 Å². The zero-order valence-electron chi connectivity index (χ0n) is 10.4. The molecule has 0 aliphatic heterocycles. The monoisotopic (exact) mass is 271 g/mol. The Morgan fingerprint density at radius 1 is 1.50 bits per heavy atom. The Morgan fingerprint density at radius 2 is 2.22 bits per heavy atom. The van der Waals surface area contributed by atoms with Crippen LogP contribution in [0.15, 0.2) is 24.3 Å². The maximum Gasteiger partial charge on any atom is 0.220 e. The number of hydrogen-bond acceptors (Lipinski definition) is 3. The first-order valence-corrected chi connectivity index (χ1v) is 7.07. The molecule has 100 valence electrons. The van der Waals surface area contributed by atoms with E-state index in [-0.39, 0.29) is 18.0 Å². The number of rotatable bonds is 7. The lowest BCUT2D eigenvalue weighted by molar-refractivity contribution is -0.121. The molecule has 1 atom stereocenters. The van der Waals surface area contributed by atoms with Gasteiger partial charge in [-0.25, -0.2) is 4.39 Å². The molecule has 0 aromatic heterocycles. The summed E-state index contributed by atoms with van der Waals surface area (Å²) < 4.78 is 13.3. The van der Waals surface area contributed by atoms with Crippen LogP contribution in [0.1, 0.15) is 25.0 Å². The Hall–Kier alpha value is -1.07. The van der Waals surface area contributed by atoms with Crippen molar-refractivity contribution < 1.29 is 14.3 Å². The number of amides is 1. The molecule has 0 fully saturated rings. The van der Waals surface area contributed by atoms with Crippen LogP contribution in [0.4, 0.5) is 4.39 Å². The highest BCUT2D eigenvalue weighted by atomic mass is 32.2. The molecule has 0 saturated carbocycles. The van der Waals surface area contributed by atoms with Crippen LogP contribution < -0.4 is 5.32 Å². The summed E-state index contributed by atoms with van der Waals surface area (Å²) in [6.07, 6.45) is -0.586. The van der Waals surface area contributed by atoms with Crippen molar-refractivity contribution in [3.63, 3.8) is 0 Å². The van der Waals surface area contributed by atoms with Gasteiger partial charge in [0, 0.05) is 24.3 Å². The number of carbonyl (C=O) groups excluding carboxylic acids is 1. The van der Waals surface area contributed by atoms with E-state index in [1.807, 2.05) is 6.92 Å².